The number of aromatic nitrogens is 2. The van der Waals surface area contributed by atoms with Gasteiger partial charge in [-0.3, -0.25) is 19.0 Å². The molecule has 4 rings (SSSR count). The normalized spacial score (nSPS) is 11.7. The van der Waals surface area contributed by atoms with E-state index in [1.165, 1.54) is 20.1 Å². The average Bonchev–Trinajstić information content (AvgIpc) is 3.24. The van der Waals surface area contributed by atoms with Gasteiger partial charge in [-0.15, -0.1) is 0 Å². The lowest BCUT2D eigenvalue weighted by Gasteiger charge is -2.13. The number of hydrogen-bond donors (Lipinski definition) is 3. The second-order valence-corrected chi connectivity index (χ2v) is 7.14. The van der Waals surface area contributed by atoms with Crippen LogP contribution in [0.1, 0.15) is 22.8 Å². The van der Waals surface area contributed by atoms with Gasteiger partial charge in [0.1, 0.15) is 11.3 Å². The third-order valence-corrected chi connectivity index (χ3v) is 4.85. The molecule has 2 aromatic carbocycles. The number of hydrogen-bond acceptors (Lipinski definition) is 7. The van der Waals surface area contributed by atoms with Crippen LogP contribution in [0.15, 0.2) is 52.2 Å². The SMILES string of the molecule is COc1ccc(NC(C)=O)cc1NC(=O)c1c[nH]c(=O)n(Cc2ccc3c(c2)OCO3)c1=O. The molecule has 0 radical (unpaired) electrons. The van der Waals surface area contributed by atoms with Gasteiger partial charge < -0.3 is 29.8 Å². The number of carbonyl (C=O) groups excluding carboxylic acids is 2. The molecule has 0 atom stereocenters. The highest BCUT2D eigenvalue weighted by molar-refractivity contribution is 6.05. The Bertz CT molecular complexity index is 1360. The zero-order valence-corrected chi connectivity index (χ0v) is 17.8. The van der Waals surface area contributed by atoms with E-state index < -0.39 is 17.2 Å². The Balaban J connectivity index is 1.62. The van der Waals surface area contributed by atoms with Gasteiger partial charge in [0.2, 0.25) is 12.7 Å². The first-order valence-corrected chi connectivity index (χ1v) is 9.83. The molecule has 1 aliphatic rings. The largest absolute Gasteiger partial charge is 0.495 e. The van der Waals surface area contributed by atoms with E-state index in [0.717, 1.165) is 10.8 Å². The van der Waals surface area contributed by atoms with Gasteiger partial charge in [0.05, 0.1) is 19.3 Å². The summed E-state index contributed by atoms with van der Waals surface area (Å²) in [7, 11) is 1.42. The number of nitrogens with one attached hydrogen (secondary N) is 3. The molecule has 3 aromatic rings. The molecule has 0 aliphatic carbocycles. The number of nitrogens with zero attached hydrogens (tertiary/aromatic N) is 1. The van der Waals surface area contributed by atoms with Gasteiger partial charge in [0.15, 0.2) is 11.5 Å². The van der Waals surface area contributed by atoms with Crippen LogP contribution in [0.4, 0.5) is 11.4 Å². The number of benzene rings is 2. The number of anilines is 2. The van der Waals surface area contributed by atoms with Crippen molar-refractivity contribution in [3.8, 4) is 17.2 Å². The Morgan fingerprint density at radius 3 is 2.64 bits per heavy atom. The fourth-order valence-corrected chi connectivity index (χ4v) is 3.32. The van der Waals surface area contributed by atoms with Gasteiger partial charge >= 0.3 is 5.69 Å². The smallest absolute Gasteiger partial charge is 0.328 e. The molecule has 2 amide bonds. The zero-order chi connectivity index (χ0) is 23.5. The Kier molecular flexibility index (Phi) is 5.85. The van der Waals surface area contributed by atoms with Crippen molar-refractivity contribution in [2.75, 3.05) is 24.5 Å². The summed E-state index contributed by atoms with van der Waals surface area (Å²) in [5.74, 6) is 0.363. The van der Waals surface area contributed by atoms with E-state index in [-0.39, 0.29) is 30.5 Å². The van der Waals surface area contributed by atoms with E-state index in [4.69, 9.17) is 14.2 Å². The number of carbonyl (C=O) groups is 2. The molecular weight excluding hydrogens is 432 g/mol. The minimum atomic E-state index is -0.772. The van der Waals surface area contributed by atoms with Crippen LogP contribution in [0, 0.1) is 0 Å². The second kappa shape index (κ2) is 8.91. The van der Waals surface area contributed by atoms with Crippen LogP contribution >= 0.6 is 0 Å². The molecule has 0 unspecified atom stereocenters. The summed E-state index contributed by atoms with van der Waals surface area (Å²) < 4.78 is 16.7. The van der Waals surface area contributed by atoms with E-state index >= 15 is 0 Å². The fourth-order valence-electron chi connectivity index (χ4n) is 3.32. The van der Waals surface area contributed by atoms with Gasteiger partial charge in [-0.1, -0.05) is 6.07 Å². The Hall–Kier alpha value is -4.54. The van der Waals surface area contributed by atoms with E-state index in [1.807, 2.05) is 0 Å². The molecule has 1 aliphatic heterocycles. The third kappa shape index (κ3) is 4.56. The van der Waals surface area contributed by atoms with Crippen LogP contribution in [0.2, 0.25) is 0 Å². The molecule has 0 saturated heterocycles. The van der Waals surface area contributed by atoms with Crippen LogP contribution in [-0.4, -0.2) is 35.3 Å². The van der Waals surface area contributed by atoms with Crippen LogP contribution < -0.4 is 36.1 Å². The number of methoxy groups -OCH3 is 1. The van der Waals surface area contributed by atoms with Gasteiger partial charge in [-0.2, -0.15) is 0 Å². The van der Waals surface area contributed by atoms with E-state index in [0.29, 0.717) is 28.5 Å². The molecule has 11 nitrogen and oxygen atoms in total. The summed E-state index contributed by atoms with van der Waals surface area (Å²) in [6, 6.07) is 9.71. The summed E-state index contributed by atoms with van der Waals surface area (Å²) in [6.45, 7) is 1.38. The molecule has 33 heavy (non-hydrogen) atoms. The highest BCUT2D eigenvalue weighted by atomic mass is 16.7. The first-order chi connectivity index (χ1) is 15.9. The number of ether oxygens (including phenoxy) is 3. The van der Waals surface area contributed by atoms with Crippen LogP contribution in [-0.2, 0) is 11.3 Å². The molecule has 3 N–H and O–H groups in total. The molecule has 0 fully saturated rings. The van der Waals surface area contributed by atoms with Crippen molar-refractivity contribution in [2.45, 2.75) is 13.5 Å². The maximum absolute atomic E-state index is 13.0. The van der Waals surface area contributed by atoms with Crippen molar-refractivity contribution in [3.63, 3.8) is 0 Å². The topological polar surface area (TPSA) is 141 Å². The van der Waals surface area contributed by atoms with E-state index in [9.17, 15) is 19.2 Å². The lowest BCUT2D eigenvalue weighted by molar-refractivity contribution is -0.114. The summed E-state index contributed by atoms with van der Waals surface area (Å²) in [6.07, 6.45) is 1.06. The molecule has 1 aromatic heterocycles. The summed E-state index contributed by atoms with van der Waals surface area (Å²) in [4.78, 5) is 51.9. The van der Waals surface area contributed by atoms with Crippen LogP contribution in [0.3, 0.4) is 0 Å². The zero-order valence-electron chi connectivity index (χ0n) is 17.8. The van der Waals surface area contributed by atoms with Gasteiger partial charge in [0, 0.05) is 18.8 Å². The maximum Gasteiger partial charge on any atom is 0.328 e. The van der Waals surface area contributed by atoms with Crippen molar-refractivity contribution in [1.29, 1.82) is 0 Å². The van der Waals surface area contributed by atoms with E-state index in [2.05, 4.69) is 15.6 Å². The average molecular weight is 452 g/mol. The van der Waals surface area contributed by atoms with Crippen molar-refractivity contribution < 1.29 is 23.8 Å². The number of rotatable bonds is 6. The Morgan fingerprint density at radius 1 is 1.09 bits per heavy atom. The van der Waals surface area contributed by atoms with Crippen molar-refractivity contribution in [2.24, 2.45) is 0 Å². The summed E-state index contributed by atoms with van der Waals surface area (Å²) in [5.41, 5.74) is -0.427. The number of H-pyrrole nitrogens is 1. The highest BCUT2D eigenvalue weighted by Crippen LogP contribution is 2.32. The van der Waals surface area contributed by atoms with Crippen molar-refractivity contribution in [1.82, 2.24) is 9.55 Å². The molecule has 11 heteroatoms. The molecule has 170 valence electrons. The fraction of sp³-hybridized carbons (Fsp3) is 0.182. The predicted molar refractivity (Wildman–Crippen MR) is 118 cm³/mol. The van der Waals surface area contributed by atoms with E-state index in [1.54, 1.807) is 30.3 Å². The number of fused-ring (bicyclic) bond motifs is 1. The molecular formula is C22H20N4O7. The Morgan fingerprint density at radius 2 is 1.88 bits per heavy atom. The monoisotopic (exact) mass is 452 g/mol. The Labute approximate surface area is 186 Å². The molecule has 2 heterocycles. The quantitative estimate of drug-likeness (QED) is 0.515. The van der Waals surface area contributed by atoms with Crippen LogP contribution in [0.25, 0.3) is 0 Å². The first-order valence-electron chi connectivity index (χ1n) is 9.83. The van der Waals surface area contributed by atoms with Crippen molar-refractivity contribution in [3.05, 3.63) is 74.6 Å². The lowest BCUT2D eigenvalue weighted by atomic mass is 10.2. The molecule has 0 spiro atoms. The predicted octanol–water partition coefficient (Wildman–Crippen LogP) is 1.53. The second-order valence-electron chi connectivity index (χ2n) is 7.14. The third-order valence-electron chi connectivity index (χ3n) is 4.85. The minimum Gasteiger partial charge on any atom is -0.495 e. The molecule has 0 bridgehead atoms. The van der Waals surface area contributed by atoms with Gasteiger partial charge in [-0.05, 0) is 35.9 Å². The maximum atomic E-state index is 13.0. The van der Waals surface area contributed by atoms with Crippen molar-refractivity contribution >= 4 is 23.2 Å². The van der Waals surface area contributed by atoms with Gasteiger partial charge in [-0.25, -0.2) is 4.79 Å². The minimum absolute atomic E-state index is 0.0761. The highest BCUT2D eigenvalue weighted by Gasteiger charge is 2.19. The van der Waals surface area contributed by atoms with Gasteiger partial charge in [0.25, 0.3) is 11.5 Å². The first kappa shape index (κ1) is 21.7. The number of aromatic amines is 1. The standard InChI is InChI=1S/C22H20N4O7/c1-12(27)24-14-4-6-17(31-2)16(8-14)25-20(28)15-9-23-22(30)26(21(15)29)10-13-3-5-18-19(7-13)33-11-32-18/h3-9H,10-11H2,1-2H3,(H,23,30)(H,24,27)(H,25,28). The summed E-state index contributed by atoms with van der Waals surface area (Å²) >= 11 is 0. The molecule has 0 saturated carbocycles. The van der Waals surface area contributed by atoms with Crippen LogP contribution in [0.5, 0.6) is 17.2 Å². The lowest BCUT2D eigenvalue weighted by Crippen LogP contribution is -2.39. The number of amides is 2. The summed E-state index contributed by atoms with van der Waals surface area (Å²) in [5, 5.41) is 5.19.